The molecule has 34 heavy (non-hydrogen) atoms. The van der Waals surface area contributed by atoms with Gasteiger partial charge in [-0.1, -0.05) is 12.1 Å². The Morgan fingerprint density at radius 1 is 1.09 bits per heavy atom. The van der Waals surface area contributed by atoms with Crippen molar-refractivity contribution in [1.82, 2.24) is 25.1 Å². The molecule has 0 saturated heterocycles. The smallest absolute Gasteiger partial charge is 0.476 e. The quantitative estimate of drug-likeness (QED) is 0.346. The number of aromatic amines is 1. The van der Waals surface area contributed by atoms with Gasteiger partial charge >= 0.3 is 18.1 Å². The van der Waals surface area contributed by atoms with Crippen LogP contribution in [0.2, 0.25) is 0 Å². The number of alkyl halides is 3. The summed E-state index contributed by atoms with van der Waals surface area (Å²) in [5.74, 6) is -4.19. The van der Waals surface area contributed by atoms with Gasteiger partial charge in [0.1, 0.15) is 0 Å². The number of nitrogens with one attached hydrogen (secondary N) is 2. The van der Waals surface area contributed by atoms with Gasteiger partial charge in [-0.3, -0.25) is 9.89 Å². The molecule has 0 radical (unpaired) electrons. The van der Waals surface area contributed by atoms with Gasteiger partial charge in [-0.25, -0.2) is 14.6 Å². The highest BCUT2D eigenvalue weighted by Crippen LogP contribution is 2.18. The summed E-state index contributed by atoms with van der Waals surface area (Å²) in [7, 11) is 0. The number of amides is 1. The molecule has 2 aromatic heterocycles. The summed E-state index contributed by atoms with van der Waals surface area (Å²) in [5, 5.41) is 25.9. The standard InChI is InChI=1S/C19H15N5O3.C2HF3O2/c25-18(13-4-5-16-15(9-13)17(19(26)27)23-22-16)21-10-12-2-1-3-14(8-12)24-7-6-20-11-24;3-2(4,5)1(6)7/h1-9,11H,10H2,(H,21,25)(H,22,23)(H,26,27);(H,6,7). The number of nitrogens with zero attached hydrogens (tertiary/aromatic N) is 3. The largest absolute Gasteiger partial charge is 0.490 e. The molecule has 2 aromatic carbocycles. The van der Waals surface area contributed by atoms with Gasteiger partial charge in [0, 0.05) is 35.6 Å². The molecule has 4 N–H and O–H groups in total. The second kappa shape index (κ2) is 9.85. The molecular formula is C21H16F3N5O5. The summed E-state index contributed by atoms with van der Waals surface area (Å²) >= 11 is 0. The molecule has 0 atom stereocenters. The maximum atomic E-state index is 12.5. The average molecular weight is 475 g/mol. The zero-order valence-corrected chi connectivity index (χ0v) is 17.1. The Labute approximate surface area is 188 Å². The summed E-state index contributed by atoms with van der Waals surface area (Å²) in [5.41, 5.74) is 2.72. The number of aromatic nitrogens is 4. The van der Waals surface area contributed by atoms with Crippen LogP contribution < -0.4 is 5.32 Å². The minimum Gasteiger partial charge on any atom is -0.476 e. The van der Waals surface area contributed by atoms with Gasteiger partial charge in [-0.2, -0.15) is 18.3 Å². The predicted molar refractivity (Wildman–Crippen MR) is 111 cm³/mol. The number of carboxylic acid groups (broad SMARTS) is 2. The van der Waals surface area contributed by atoms with E-state index in [1.807, 2.05) is 35.0 Å². The maximum absolute atomic E-state index is 12.5. The Bertz CT molecular complexity index is 1330. The number of aliphatic carboxylic acids is 1. The number of halogens is 3. The number of hydrogen-bond donors (Lipinski definition) is 4. The molecule has 0 fully saturated rings. The first-order valence-electron chi connectivity index (χ1n) is 9.43. The van der Waals surface area contributed by atoms with Crippen molar-refractivity contribution in [2.24, 2.45) is 0 Å². The van der Waals surface area contributed by atoms with E-state index in [0.717, 1.165) is 11.3 Å². The highest BCUT2D eigenvalue weighted by Gasteiger charge is 2.38. The van der Waals surface area contributed by atoms with E-state index >= 15 is 0 Å². The van der Waals surface area contributed by atoms with Crippen molar-refractivity contribution in [2.45, 2.75) is 12.7 Å². The third-order valence-electron chi connectivity index (χ3n) is 4.44. The number of carbonyl (C=O) groups is 3. The molecule has 0 aliphatic carbocycles. The number of imidazole rings is 1. The molecule has 0 unspecified atom stereocenters. The molecule has 0 spiro atoms. The van der Waals surface area contributed by atoms with Gasteiger partial charge in [0.05, 0.1) is 11.8 Å². The van der Waals surface area contributed by atoms with E-state index in [9.17, 15) is 22.8 Å². The lowest BCUT2D eigenvalue weighted by Gasteiger charge is -2.08. The number of H-pyrrole nitrogens is 1. The molecule has 0 aliphatic heterocycles. The first-order valence-corrected chi connectivity index (χ1v) is 9.43. The van der Waals surface area contributed by atoms with Crippen molar-refractivity contribution < 1.29 is 37.8 Å². The second-order valence-corrected chi connectivity index (χ2v) is 6.76. The van der Waals surface area contributed by atoms with Crippen LogP contribution in [0.15, 0.2) is 61.2 Å². The van der Waals surface area contributed by atoms with Gasteiger partial charge in [-0.15, -0.1) is 0 Å². The van der Waals surface area contributed by atoms with E-state index in [1.165, 1.54) is 6.07 Å². The lowest BCUT2D eigenvalue weighted by Crippen LogP contribution is -2.22. The van der Waals surface area contributed by atoms with Crippen LogP contribution in [0.3, 0.4) is 0 Å². The number of carbonyl (C=O) groups excluding carboxylic acids is 1. The van der Waals surface area contributed by atoms with Crippen molar-refractivity contribution in [3.63, 3.8) is 0 Å². The molecule has 4 aromatic rings. The molecular weight excluding hydrogens is 459 g/mol. The average Bonchev–Trinajstić information content (AvgIpc) is 3.47. The Balaban J connectivity index is 0.000000406. The normalized spacial score (nSPS) is 10.9. The minimum atomic E-state index is -5.08. The Kier molecular flexibility index (Phi) is 6.95. The summed E-state index contributed by atoms with van der Waals surface area (Å²) in [6.45, 7) is 0.344. The number of fused-ring (bicyclic) bond motifs is 1. The lowest BCUT2D eigenvalue weighted by atomic mass is 10.1. The van der Waals surface area contributed by atoms with Gasteiger partial charge in [0.25, 0.3) is 5.91 Å². The number of hydrogen-bond acceptors (Lipinski definition) is 5. The minimum absolute atomic E-state index is 0.104. The summed E-state index contributed by atoms with van der Waals surface area (Å²) in [4.78, 5) is 36.6. The van der Waals surface area contributed by atoms with Crippen LogP contribution in [-0.4, -0.2) is 54.0 Å². The first-order chi connectivity index (χ1) is 16.1. The second-order valence-electron chi connectivity index (χ2n) is 6.76. The van der Waals surface area contributed by atoms with Gasteiger partial charge in [0.2, 0.25) is 0 Å². The van der Waals surface area contributed by atoms with E-state index in [1.54, 1.807) is 24.7 Å². The zero-order chi connectivity index (χ0) is 24.9. The zero-order valence-electron chi connectivity index (χ0n) is 17.1. The maximum Gasteiger partial charge on any atom is 0.490 e. The Morgan fingerprint density at radius 2 is 1.82 bits per heavy atom. The molecule has 176 valence electrons. The van der Waals surface area contributed by atoms with E-state index < -0.39 is 18.1 Å². The van der Waals surface area contributed by atoms with Crippen LogP contribution in [0.25, 0.3) is 16.6 Å². The molecule has 13 heteroatoms. The molecule has 1 amide bonds. The Hall–Kier alpha value is -4.68. The summed E-state index contributed by atoms with van der Waals surface area (Å²) < 4.78 is 33.6. The van der Waals surface area contributed by atoms with Crippen molar-refractivity contribution in [3.05, 3.63) is 78.0 Å². The molecule has 0 aliphatic rings. The van der Waals surface area contributed by atoms with Crippen molar-refractivity contribution in [2.75, 3.05) is 0 Å². The van der Waals surface area contributed by atoms with Gasteiger partial charge in [-0.05, 0) is 35.9 Å². The van der Waals surface area contributed by atoms with Gasteiger partial charge in [0.15, 0.2) is 5.69 Å². The first kappa shape index (κ1) is 24.0. The van der Waals surface area contributed by atoms with E-state index in [4.69, 9.17) is 15.0 Å². The molecule has 4 rings (SSSR count). The van der Waals surface area contributed by atoms with Crippen LogP contribution in [0, 0.1) is 0 Å². The molecule has 2 heterocycles. The monoisotopic (exact) mass is 475 g/mol. The Morgan fingerprint density at radius 3 is 2.44 bits per heavy atom. The lowest BCUT2D eigenvalue weighted by molar-refractivity contribution is -0.192. The number of benzene rings is 2. The van der Waals surface area contributed by atoms with E-state index in [2.05, 4.69) is 20.5 Å². The van der Waals surface area contributed by atoms with E-state index in [0.29, 0.717) is 23.0 Å². The third-order valence-corrected chi connectivity index (χ3v) is 4.44. The van der Waals surface area contributed by atoms with Crippen LogP contribution in [-0.2, 0) is 11.3 Å². The number of rotatable bonds is 5. The topological polar surface area (TPSA) is 150 Å². The van der Waals surface area contributed by atoms with Crippen LogP contribution in [0.5, 0.6) is 0 Å². The summed E-state index contributed by atoms with van der Waals surface area (Å²) in [6, 6.07) is 12.5. The molecule has 0 bridgehead atoms. The van der Waals surface area contributed by atoms with Crippen LogP contribution in [0.1, 0.15) is 26.4 Å². The third kappa shape index (κ3) is 5.76. The van der Waals surface area contributed by atoms with Crippen molar-refractivity contribution in [3.8, 4) is 5.69 Å². The highest BCUT2D eigenvalue weighted by atomic mass is 19.4. The van der Waals surface area contributed by atoms with Crippen molar-refractivity contribution in [1.29, 1.82) is 0 Å². The summed E-state index contributed by atoms with van der Waals surface area (Å²) in [6.07, 6.45) is 0.168. The molecule has 10 nitrogen and oxygen atoms in total. The SMILES string of the molecule is O=C(NCc1cccc(-n2ccnc2)c1)c1ccc2[nH]nc(C(=O)O)c2c1.O=C(O)C(F)(F)F. The fourth-order valence-corrected chi connectivity index (χ4v) is 2.84. The number of carboxylic acids is 2. The predicted octanol–water partition coefficient (Wildman–Crippen LogP) is 3.01. The fraction of sp³-hybridized carbons (Fsp3) is 0.0952. The van der Waals surface area contributed by atoms with E-state index in [-0.39, 0.29) is 11.6 Å². The van der Waals surface area contributed by atoms with Crippen LogP contribution >= 0.6 is 0 Å². The van der Waals surface area contributed by atoms with Crippen molar-refractivity contribution >= 4 is 28.7 Å². The fourth-order valence-electron chi connectivity index (χ4n) is 2.84. The highest BCUT2D eigenvalue weighted by molar-refractivity contribution is 6.04. The van der Waals surface area contributed by atoms with Crippen LogP contribution in [0.4, 0.5) is 13.2 Å². The van der Waals surface area contributed by atoms with Gasteiger partial charge < -0.3 is 20.1 Å². The molecule has 0 saturated carbocycles. The number of aromatic carboxylic acids is 1.